The predicted molar refractivity (Wildman–Crippen MR) is 72.8 cm³/mol. The Bertz CT molecular complexity index is 508. The molecule has 21 heavy (non-hydrogen) atoms. The first kappa shape index (κ1) is 12.9. The Labute approximate surface area is 122 Å². The van der Waals surface area contributed by atoms with Crippen LogP contribution in [0.1, 0.15) is 19.3 Å². The van der Waals surface area contributed by atoms with Crippen molar-refractivity contribution in [1.82, 2.24) is 9.80 Å². The van der Waals surface area contributed by atoms with Gasteiger partial charge in [-0.25, -0.2) is 9.59 Å². The average molecular weight is 293 g/mol. The zero-order chi connectivity index (χ0) is 14.6. The summed E-state index contributed by atoms with van der Waals surface area (Å²) in [5.74, 6) is 0.00736. The fourth-order valence-electron chi connectivity index (χ4n) is 4.28. The van der Waals surface area contributed by atoms with Crippen molar-refractivity contribution in [2.45, 2.75) is 25.4 Å². The molecule has 0 radical (unpaired) electrons. The van der Waals surface area contributed by atoms with Crippen molar-refractivity contribution in [3.05, 3.63) is 0 Å². The minimum atomic E-state index is -1.05. The van der Waals surface area contributed by atoms with Crippen LogP contribution >= 0.6 is 0 Å². The maximum absolute atomic E-state index is 12.6. The molecular formula is C14H19N3O4. The number of hydrogen-bond donors (Lipinski definition) is 1. The molecule has 2 amide bonds. The number of nitrogens with zero attached hydrogens (tertiary/aromatic N) is 3. The molecule has 2 saturated heterocycles. The van der Waals surface area contributed by atoms with Gasteiger partial charge in [-0.2, -0.15) is 0 Å². The zero-order valence-electron chi connectivity index (χ0n) is 11.8. The molecule has 114 valence electrons. The van der Waals surface area contributed by atoms with Gasteiger partial charge in [-0.3, -0.25) is 0 Å². The molecule has 4 aliphatic rings. The largest absolute Gasteiger partial charge is 0.477 e. The number of aliphatic carboxylic acids is 1. The van der Waals surface area contributed by atoms with Gasteiger partial charge in [0.2, 0.25) is 0 Å². The summed E-state index contributed by atoms with van der Waals surface area (Å²) < 4.78 is 0. The summed E-state index contributed by atoms with van der Waals surface area (Å²) in [6.07, 6.45) is 3.47. The summed E-state index contributed by atoms with van der Waals surface area (Å²) in [6, 6.07) is 0.0344. The standard InChI is InChI=1S/C14H19N3O4/c18-13(19)12-10-6-17(7-11(10)21-15-12)14(20)16-4-8-2-1-3-9(8)5-16/h8-11H,1-7H2,(H,18,19)/t8-,9+,10-,11+/m0/s1. The second-order valence-electron chi connectivity index (χ2n) is 6.58. The van der Waals surface area contributed by atoms with Gasteiger partial charge in [-0.1, -0.05) is 11.6 Å². The van der Waals surface area contributed by atoms with Crippen molar-refractivity contribution in [3.8, 4) is 0 Å². The lowest BCUT2D eigenvalue weighted by Crippen LogP contribution is -2.42. The molecule has 1 aliphatic carbocycles. The van der Waals surface area contributed by atoms with Crippen LogP contribution in [0.4, 0.5) is 4.79 Å². The molecule has 3 aliphatic heterocycles. The van der Waals surface area contributed by atoms with Crippen LogP contribution in [0.5, 0.6) is 0 Å². The number of carboxylic acids is 1. The Morgan fingerprint density at radius 1 is 1.10 bits per heavy atom. The number of carbonyl (C=O) groups excluding carboxylic acids is 1. The number of carboxylic acid groups (broad SMARTS) is 1. The number of hydrogen-bond acceptors (Lipinski definition) is 4. The van der Waals surface area contributed by atoms with Gasteiger partial charge in [0.15, 0.2) is 11.8 Å². The molecule has 4 atom stereocenters. The Kier molecular flexibility index (Phi) is 2.83. The number of likely N-dealkylation sites (tertiary alicyclic amines) is 2. The molecule has 4 rings (SSSR count). The molecule has 3 heterocycles. The maximum Gasteiger partial charge on any atom is 0.354 e. The highest BCUT2D eigenvalue weighted by molar-refractivity contribution is 6.37. The van der Waals surface area contributed by atoms with Crippen LogP contribution in [-0.2, 0) is 9.63 Å². The van der Waals surface area contributed by atoms with Gasteiger partial charge in [0.05, 0.1) is 12.5 Å². The van der Waals surface area contributed by atoms with E-state index in [0.29, 0.717) is 24.9 Å². The van der Waals surface area contributed by atoms with Gasteiger partial charge in [-0.05, 0) is 24.7 Å². The average Bonchev–Trinajstić information content (AvgIpc) is 3.15. The number of fused-ring (bicyclic) bond motifs is 2. The van der Waals surface area contributed by atoms with E-state index in [1.54, 1.807) is 4.90 Å². The Morgan fingerprint density at radius 3 is 2.43 bits per heavy atom. The van der Waals surface area contributed by atoms with Gasteiger partial charge in [0.1, 0.15) is 0 Å². The summed E-state index contributed by atoms with van der Waals surface area (Å²) in [5, 5.41) is 12.7. The monoisotopic (exact) mass is 293 g/mol. The molecule has 1 saturated carbocycles. The maximum atomic E-state index is 12.6. The Hall–Kier alpha value is -1.79. The molecule has 1 N–H and O–H groups in total. The number of carbonyl (C=O) groups is 2. The van der Waals surface area contributed by atoms with Crippen LogP contribution in [0.3, 0.4) is 0 Å². The second-order valence-corrected chi connectivity index (χ2v) is 6.58. The SMILES string of the molecule is O=C(O)C1=NO[C@@H]2CN(C(=O)N3C[C@H]4CCC[C@H]4C3)C[C@H]12. The van der Waals surface area contributed by atoms with Gasteiger partial charge in [0.25, 0.3) is 0 Å². The first-order chi connectivity index (χ1) is 10.1. The van der Waals surface area contributed by atoms with Crippen molar-refractivity contribution < 1.29 is 19.5 Å². The predicted octanol–water partition coefficient (Wildman–Crippen LogP) is 0.609. The van der Waals surface area contributed by atoms with E-state index >= 15 is 0 Å². The van der Waals surface area contributed by atoms with Crippen LogP contribution in [0.25, 0.3) is 0 Å². The fourth-order valence-corrected chi connectivity index (χ4v) is 4.28. The van der Waals surface area contributed by atoms with Gasteiger partial charge < -0.3 is 19.7 Å². The summed E-state index contributed by atoms with van der Waals surface area (Å²) in [6.45, 7) is 2.56. The van der Waals surface area contributed by atoms with Crippen molar-refractivity contribution >= 4 is 17.7 Å². The van der Waals surface area contributed by atoms with Gasteiger partial charge in [-0.15, -0.1) is 0 Å². The van der Waals surface area contributed by atoms with Crippen LogP contribution in [-0.4, -0.2) is 64.9 Å². The highest BCUT2D eigenvalue weighted by atomic mass is 16.6. The molecule has 0 unspecified atom stereocenters. The van der Waals surface area contributed by atoms with Gasteiger partial charge >= 0.3 is 12.0 Å². The van der Waals surface area contributed by atoms with Crippen LogP contribution < -0.4 is 0 Å². The van der Waals surface area contributed by atoms with Crippen molar-refractivity contribution in [2.24, 2.45) is 22.9 Å². The number of amides is 2. The number of rotatable bonds is 1. The molecule has 0 aromatic rings. The zero-order valence-corrected chi connectivity index (χ0v) is 11.8. The minimum Gasteiger partial charge on any atom is -0.477 e. The third-order valence-electron chi connectivity index (χ3n) is 5.39. The quantitative estimate of drug-likeness (QED) is 0.768. The summed E-state index contributed by atoms with van der Waals surface area (Å²) >= 11 is 0. The Morgan fingerprint density at radius 2 is 1.76 bits per heavy atom. The lowest BCUT2D eigenvalue weighted by molar-refractivity contribution is -0.129. The molecule has 0 aromatic carbocycles. The van der Waals surface area contributed by atoms with Crippen LogP contribution in [0.15, 0.2) is 5.16 Å². The van der Waals surface area contributed by atoms with E-state index in [-0.39, 0.29) is 23.8 Å². The first-order valence-electron chi connectivity index (χ1n) is 7.64. The van der Waals surface area contributed by atoms with Gasteiger partial charge in [0, 0.05) is 19.6 Å². The molecular weight excluding hydrogens is 274 g/mol. The third kappa shape index (κ3) is 1.98. The molecule has 3 fully saturated rings. The summed E-state index contributed by atoms with van der Waals surface area (Å²) in [7, 11) is 0. The molecule has 7 nitrogen and oxygen atoms in total. The highest BCUT2D eigenvalue weighted by Crippen LogP contribution is 2.38. The van der Waals surface area contributed by atoms with E-state index in [4.69, 9.17) is 9.94 Å². The molecule has 0 bridgehead atoms. The van der Waals surface area contributed by atoms with E-state index in [1.165, 1.54) is 19.3 Å². The fraction of sp³-hybridized carbons (Fsp3) is 0.786. The van der Waals surface area contributed by atoms with E-state index in [9.17, 15) is 9.59 Å². The number of oxime groups is 1. The third-order valence-corrected chi connectivity index (χ3v) is 5.39. The molecule has 7 heteroatoms. The van der Waals surface area contributed by atoms with E-state index in [2.05, 4.69) is 5.16 Å². The lowest BCUT2D eigenvalue weighted by atomic mass is 10.0. The van der Waals surface area contributed by atoms with Crippen molar-refractivity contribution in [3.63, 3.8) is 0 Å². The smallest absolute Gasteiger partial charge is 0.354 e. The van der Waals surface area contributed by atoms with Crippen molar-refractivity contribution in [1.29, 1.82) is 0 Å². The normalized spacial score (nSPS) is 37.2. The molecule has 0 spiro atoms. The van der Waals surface area contributed by atoms with E-state index in [0.717, 1.165) is 13.1 Å². The minimum absolute atomic E-state index is 0.0344. The Balaban J connectivity index is 1.41. The summed E-state index contributed by atoms with van der Waals surface area (Å²) in [4.78, 5) is 32.5. The second kappa shape index (κ2) is 4.61. The van der Waals surface area contributed by atoms with E-state index < -0.39 is 5.97 Å². The topological polar surface area (TPSA) is 82.4 Å². The van der Waals surface area contributed by atoms with Crippen LogP contribution in [0.2, 0.25) is 0 Å². The first-order valence-corrected chi connectivity index (χ1v) is 7.64. The summed E-state index contributed by atoms with van der Waals surface area (Å²) in [5.41, 5.74) is 0.0496. The lowest BCUT2D eigenvalue weighted by Gasteiger charge is -2.25. The highest BCUT2D eigenvalue weighted by Gasteiger charge is 2.48. The van der Waals surface area contributed by atoms with E-state index in [1.807, 2.05) is 4.90 Å². The molecule has 0 aromatic heterocycles. The van der Waals surface area contributed by atoms with Crippen LogP contribution in [0, 0.1) is 17.8 Å². The number of urea groups is 1. The van der Waals surface area contributed by atoms with Crippen molar-refractivity contribution in [2.75, 3.05) is 26.2 Å².